The van der Waals surface area contributed by atoms with Gasteiger partial charge < -0.3 is 15.5 Å². The molecule has 1 fully saturated rings. The predicted octanol–water partition coefficient (Wildman–Crippen LogP) is 2.65. The number of piperazine rings is 1. The van der Waals surface area contributed by atoms with E-state index in [0.717, 1.165) is 49.9 Å². The Morgan fingerprint density at radius 1 is 1.00 bits per heavy atom. The molecule has 0 spiro atoms. The van der Waals surface area contributed by atoms with Gasteiger partial charge in [0.2, 0.25) is 5.95 Å². The van der Waals surface area contributed by atoms with Gasteiger partial charge in [-0.05, 0) is 24.3 Å². The van der Waals surface area contributed by atoms with Gasteiger partial charge in [0.25, 0.3) is 0 Å². The fourth-order valence-corrected chi connectivity index (χ4v) is 2.35. The zero-order valence-corrected chi connectivity index (χ0v) is 12.3. The Kier molecular flexibility index (Phi) is 4.33. The van der Waals surface area contributed by atoms with E-state index in [4.69, 9.17) is 0 Å². The largest absolute Gasteiger partial charge is 0.419 e. The minimum Gasteiger partial charge on any atom is -0.369 e. The van der Waals surface area contributed by atoms with Crippen LogP contribution in [0.25, 0.3) is 0 Å². The molecule has 2 aromatic rings. The summed E-state index contributed by atoms with van der Waals surface area (Å²) in [6.45, 7) is 3.82. The molecule has 1 aromatic heterocycles. The highest BCUT2D eigenvalue weighted by Gasteiger charge is 2.31. The average Bonchev–Trinajstić information content (AvgIpc) is 2.56. The molecule has 5 nitrogen and oxygen atoms in total. The summed E-state index contributed by atoms with van der Waals surface area (Å²) < 4.78 is 37.4. The van der Waals surface area contributed by atoms with E-state index in [0.29, 0.717) is 0 Å². The molecule has 2 N–H and O–H groups in total. The lowest BCUT2D eigenvalue weighted by molar-refractivity contribution is -0.138. The van der Waals surface area contributed by atoms with E-state index in [9.17, 15) is 13.2 Å². The average molecular weight is 323 g/mol. The van der Waals surface area contributed by atoms with Gasteiger partial charge in [-0.15, -0.1) is 0 Å². The molecule has 23 heavy (non-hydrogen) atoms. The van der Waals surface area contributed by atoms with Crippen LogP contribution in [-0.4, -0.2) is 36.1 Å². The highest BCUT2D eigenvalue weighted by Crippen LogP contribution is 2.28. The molecule has 1 saturated heterocycles. The summed E-state index contributed by atoms with van der Waals surface area (Å²) in [5.74, 6) is 0.132. The van der Waals surface area contributed by atoms with Gasteiger partial charge in [-0.1, -0.05) is 0 Å². The fraction of sp³-hybridized carbons (Fsp3) is 0.333. The lowest BCUT2D eigenvalue weighted by Gasteiger charge is -2.29. The molecule has 8 heteroatoms. The van der Waals surface area contributed by atoms with Crippen LogP contribution in [-0.2, 0) is 6.18 Å². The van der Waals surface area contributed by atoms with Crippen molar-refractivity contribution in [2.24, 2.45) is 0 Å². The number of aromatic nitrogens is 2. The molecule has 1 aliphatic rings. The van der Waals surface area contributed by atoms with Crippen LogP contribution in [0.5, 0.6) is 0 Å². The Morgan fingerprint density at radius 2 is 1.61 bits per heavy atom. The SMILES string of the molecule is FC(F)(F)c1cnc(Nc2ccc(N3CCNCC3)cc2)nc1. The molecule has 1 aromatic carbocycles. The number of hydrogen-bond donors (Lipinski definition) is 2. The summed E-state index contributed by atoms with van der Waals surface area (Å²) >= 11 is 0. The van der Waals surface area contributed by atoms with Crippen molar-refractivity contribution in [2.75, 3.05) is 36.4 Å². The third kappa shape index (κ3) is 3.89. The van der Waals surface area contributed by atoms with Crippen LogP contribution < -0.4 is 15.5 Å². The van der Waals surface area contributed by atoms with Gasteiger partial charge in [-0.3, -0.25) is 0 Å². The molecule has 0 bridgehead atoms. The summed E-state index contributed by atoms with van der Waals surface area (Å²) in [6.07, 6.45) is -2.89. The lowest BCUT2D eigenvalue weighted by Crippen LogP contribution is -2.43. The van der Waals surface area contributed by atoms with E-state index in [-0.39, 0.29) is 5.95 Å². The van der Waals surface area contributed by atoms with E-state index < -0.39 is 11.7 Å². The third-order valence-corrected chi connectivity index (χ3v) is 3.58. The number of rotatable bonds is 3. The van der Waals surface area contributed by atoms with Gasteiger partial charge in [-0.25, -0.2) is 9.97 Å². The molecule has 0 unspecified atom stereocenters. The first-order chi connectivity index (χ1) is 11.0. The van der Waals surface area contributed by atoms with Crippen molar-refractivity contribution >= 4 is 17.3 Å². The Bertz CT molecular complexity index is 634. The molecule has 0 atom stereocenters. The smallest absolute Gasteiger partial charge is 0.369 e. The zero-order chi connectivity index (χ0) is 16.3. The number of halogens is 3. The number of alkyl halides is 3. The maximum absolute atomic E-state index is 12.5. The minimum absolute atomic E-state index is 0.132. The molecule has 2 heterocycles. The summed E-state index contributed by atoms with van der Waals surface area (Å²) in [4.78, 5) is 9.66. The van der Waals surface area contributed by atoms with Gasteiger partial charge in [-0.2, -0.15) is 13.2 Å². The predicted molar refractivity (Wildman–Crippen MR) is 81.8 cm³/mol. The molecule has 1 aliphatic heterocycles. The molecule has 122 valence electrons. The van der Waals surface area contributed by atoms with Crippen LogP contribution in [0.1, 0.15) is 5.56 Å². The van der Waals surface area contributed by atoms with Crippen molar-refractivity contribution in [3.05, 3.63) is 42.2 Å². The van der Waals surface area contributed by atoms with Crippen LogP contribution >= 0.6 is 0 Å². The fourth-order valence-electron chi connectivity index (χ4n) is 2.35. The highest BCUT2D eigenvalue weighted by molar-refractivity contribution is 5.59. The number of nitrogens with zero attached hydrogens (tertiary/aromatic N) is 3. The van der Waals surface area contributed by atoms with Gasteiger partial charge in [0.1, 0.15) is 0 Å². The zero-order valence-electron chi connectivity index (χ0n) is 12.3. The summed E-state index contributed by atoms with van der Waals surface area (Å²) in [6, 6.07) is 7.66. The second-order valence-electron chi connectivity index (χ2n) is 5.20. The van der Waals surface area contributed by atoms with Crippen LogP contribution in [0, 0.1) is 0 Å². The number of benzene rings is 1. The van der Waals surface area contributed by atoms with Crippen molar-refractivity contribution in [1.82, 2.24) is 15.3 Å². The van der Waals surface area contributed by atoms with Crippen LogP contribution in [0.4, 0.5) is 30.5 Å². The monoisotopic (exact) mass is 323 g/mol. The Hall–Kier alpha value is -2.35. The van der Waals surface area contributed by atoms with Gasteiger partial charge >= 0.3 is 6.18 Å². The van der Waals surface area contributed by atoms with Crippen LogP contribution in [0.2, 0.25) is 0 Å². The molecular formula is C15H16F3N5. The lowest BCUT2D eigenvalue weighted by atomic mass is 10.2. The standard InChI is InChI=1S/C15H16F3N5/c16-15(17,18)11-9-20-14(21-10-11)22-12-1-3-13(4-2-12)23-7-5-19-6-8-23/h1-4,9-10,19H,5-8H2,(H,20,21,22). The van der Waals surface area contributed by atoms with Crippen molar-refractivity contribution in [3.8, 4) is 0 Å². The molecule has 0 radical (unpaired) electrons. The summed E-state index contributed by atoms with van der Waals surface area (Å²) in [5.41, 5.74) is 0.978. The van der Waals surface area contributed by atoms with Crippen LogP contribution in [0.3, 0.4) is 0 Å². The van der Waals surface area contributed by atoms with Gasteiger partial charge in [0, 0.05) is 49.9 Å². The van der Waals surface area contributed by atoms with E-state index >= 15 is 0 Å². The number of anilines is 3. The number of nitrogens with one attached hydrogen (secondary N) is 2. The molecular weight excluding hydrogens is 307 g/mol. The van der Waals surface area contributed by atoms with E-state index in [1.54, 1.807) is 0 Å². The maximum Gasteiger partial charge on any atom is 0.419 e. The first-order valence-electron chi connectivity index (χ1n) is 7.24. The van der Waals surface area contributed by atoms with E-state index in [1.165, 1.54) is 0 Å². The van der Waals surface area contributed by atoms with Gasteiger partial charge in [0.15, 0.2) is 0 Å². The topological polar surface area (TPSA) is 53.1 Å². The quantitative estimate of drug-likeness (QED) is 0.909. The molecule has 0 amide bonds. The minimum atomic E-state index is -4.43. The molecule has 0 aliphatic carbocycles. The first kappa shape index (κ1) is 15.5. The molecule has 3 rings (SSSR count). The van der Waals surface area contributed by atoms with E-state index in [1.807, 2.05) is 24.3 Å². The second kappa shape index (κ2) is 6.41. The van der Waals surface area contributed by atoms with Crippen molar-refractivity contribution < 1.29 is 13.2 Å². The third-order valence-electron chi connectivity index (χ3n) is 3.58. The molecule has 0 saturated carbocycles. The Morgan fingerprint density at radius 3 is 2.17 bits per heavy atom. The first-order valence-corrected chi connectivity index (χ1v) is 7.24. The number of hydrogen-bond acceptors (Lipinski definition) is 5. The second-order valence-corrected chi connectivity index (χ2v) is 5.20. The Labute approximate surface area is 131 Å². The Balaban J connectivity index is 1.66. The summed E-state index contributed by atoms with van der Waals surface area (Å²) in [7, 11) is 0. The van der Waals surface area contributed by atoms with Crippen LogP contribution in [0.15, 0.2) is 36.7 Å². The van der Waals surface area contributed by atoms with E-state index in [2.05, 4.69) is 25.5 Å². The normalized spacial score (nSPS) is 15.5. The summed E-state index contributed by atoms with van der Waals surface area (Å²) in [5, 5.41) is 6.19. The van der Waals surface area contributed by atoms with Crippen molar-refractivity contribution in [2.45, 2.75) is 6.18 Å². The van der Waals surface area contributed by atoms with Crippen molar-refractivity contribution in [1.29, 1.82) is 0 Å². The van der Waals surface area contributed by atoms with Crippen molar-refractivity contribution in [3.63, 3.8) is 0 Å². The van der Waals surface area contributed by atoms with Gasteiger partial charge in [0.05, 0.1) is 5.56 Å². The highest BCUT2D eigenvalue weighted by atomic mass is 19.4. The maximum atomic E-state index is 12.5.